The van der Waals surface area contributed by atoms with Crippen molar-refractivity contribution < 1.29 is 19.8 Å². The van der Waals surface area contributed by atoms with Crippen LogP contribution < -0.4 is 0 Å². The summed E-state index contributed by atoms with van der Waals surface area (Å²) < 4.78 is 10.0. The van der Waals surface area contributed by atoms with E-state index >= 15 is 0 Å². The predicted molar refractivity (Wildman–Crippen MR) is 29.1 cm³/mol. The third kappa shape index (κ3) is 0.759. The fourth-order valence-electron chi connectivity index (χ4n) is 1.26. The lowest BCUT2D eigenvalue weighted by molar-refractivity contribution is -0.187. The van der Waals surface area contributed by atoms with Gasteiger partial charge in [-0.1, -0.05) is 0 Å². The summed E-state index contributed by atoms with van der Waals surface area (Å²) in [5, 5.41) is 19.1. The standard InChI is InChI=1S/C5H9NO4/c7-3-1-9-5-4(3)10-2-6(5)8/h3-5,7-8H,1-2H2/t3?,4-,5?/m1/s1. The maximum atomic E-state index is 9.13. The molecule has 2 saturated heterocycles. The molecular formula is C5H9NO4. The molecule has 2 unspecified atom stereocenters. The third-order valence-electron chi connectivity index (χ3n) is 1.79. The highest BCUT2D eigenvalue weighted by Gasteiger charge is 2.45. The summed E-state index contributed by atoms with van der Waals surface area (Å²) >= 11 is 0. The van der Waals surface area contributed by atoms with E-state index in [0.29, 0.717) is 0 Å². The molecule has 0 saturated carbocycles. The minimum Gasteiger partial charge on any atom is -0.388 e. The van der Waals surface area contributed by atoms with E-state index in [2.05, 4.69) is 0 Å². The van der Waals surface area contributed by atoms with Gasteiger partial charge in [-0.3, -0.25) is 0 Å². The molecule has 5 heteroatoms. The topological polar surface area (TPSA) is 62.2 Å². The van der Waals surface area contributed by atoms with Crippen LogP contribution in [0.4, 0.5) is 0 Å². The van der Waals surface area contributed by atoms with Gasteiger partial charge in [-0.05, 0) is 0 Å². The number of aliphatic hydroxyl groups is 1. The molecule has 2 heterocycles. The number of ether oxygens (including phenoxy) is 2. The monoisotopic (exact) mass is 147 g/mol. The number of rotatable bonds is 0. The zero-order chi connectivity index (χ0) is 7.14. The van der Waals surface area contributed by atoms with Gasteiger partial charge in [0.1, 0.15) is 18.9 Å². The second-order valence-electron chi connectivity index (χ2n) is 2.49. The van der Waals surface area contributed by atoms with Gasteiger partial charge in [0.15, 0.2) is 6.23 Å². The van der Waals surface area contributed by atoms with Crippen LogP contribution in [0.25, 0.3) is 0 Å². The Bertz CT molecular complexity index is 126. The average Bonchev–Trinajstić information content (AvgIpc) is 2.41. The number of hydrogen-bond acceptors (Lipinski definition) is 5. The van der Waals surface area contributed by atoms with Crippen LogP contribution >= 0.6 is 0 Å². The Hall–Kier alpha value is -0.200. The molecule has 0 bridgehead atoms. The Labute approximate surface area is 57.7 Å². The SMILES string of the molecule is OC1COC2[C@@H]1OCN2O. The van der Waals surface area contributed by atoms with Gasteiger partial charge in [0.25, 0.3) is 0 Å². The van der Waals surface area contributed by atoms with Crippen molar-refractivity contribution in [2.45, 2.75) is 18.4 Å². The predicted octanol–water partition coefficient (Wildman–Crippen LogP) is -1.25. The van der Waals surface area contributed by atoms with Crippen LogP contribution in [0.3, 0.4) is 0 Å². The van der Waals surface area contributed by atoms with Gasteiger partial charge in [-0.2, -0.15) is 0 Å². The van der Waals surface area contributed by atoms with Crippen molar-refractivity contribution in [3.05, 3.63) is 0 Å². The quantitative estimate of drug-likeness (QED) is 0.448. The Morgan fingerprint density at radius 1 is 1.40 bits per heavy atom. The van der Waals surface area contributed by atoms with Crippen LogP contribution in [0.2, 0.25) is 0 Å². The molecule has 0 aromatic heterocycles. The molecule has 0 radical (unpaired) electrons. The second-order valence-corrected chi connectivity index (χ2v) is 2.49. The smallest absolute Gasteiger partial charge is 0.164 e. The summed E-state index contributed by atoms with van der Waals surface area (Å²) in [6.45, 7) is 0.360. The molecule has 0 aliphatic carbocycles. The van der Waals surface area contributed by atoms with Crippen LogP contribution in [-0.4, -0.2) is 47.2 Å². The van der Waals surface area contributed by atoms with Gasteiger partial charge in [0.05, 0.1) is 6.61 Å². The minimum absolute atomic E-state index is 0.117. The van der Waals surface area contributed by atoms with Gasteiger partial charge in [0, 0.05) is 0 Å². The zero-order valence-corrected chi connectivity index (χ0v) is 5.30. The first-order valence-corrected chi connectivity index (χ1v) is 3.16. The van der Waals surface area contributed by atoms with Gasteiger partial charge in [0.2, 0.25) is 0 Å². The van der Waals surface area contributed by atoms with E-state index in [1.807, 2.05) is 0 Å². The van der Waals surface area contributed by atoms with Crippen molar-refractivity contribution in [2.75, 3.05) is 13.3 Å². The normalized spacial score (nSPS) is 48.0. The van der Waals surface area contributed by atoms with E-state index in [-0.39, 0.29) is 19.4 Å². The lowest BCUT2D eigenvalue weighted by atomic mass is 10.2. The largest absolute Gasteiger partial charge is 0.388 e. The second kappa shape index (κ2) is 2.14. The van der Waals surface area contributed by atoms with Crippen LogP contribution in [0.15, 0.2) is 0 Å². The molecule has 2 rings (SSSR count). The molecule has 2 N–H and O–H groups in total. The van der Waals surface area contributed by atoms with E-state index in [1.54, 1.807) is 0 Å². The Kier molecular flexibility index (Phi) is 1.40. The number of fused-ring (bicyclic) bond motifs is 1. The lowest BCUT2D eigenvalue weighted by Gasteiger charge is -2.11. The van der Waals surface area contributed by atoms with E-state index in [1.165, 1.54) is 0 Å². The van der Waals surface area contributed by atoms with Gasteiger partial charge in [-0.25, -0.2) is 0 Å². The van der Waals surface area contributed by atoms with E-state index in [9.17, 15) is 0 Å². The highest BCUT2D eigenvalue weighted by Crippen LogP contribution is 2.25. The molecular weight excluding hydrogens is 138 g/mol. The van der Waals surface area contributed by atoms with Crippen molar-refractivity contribution in [1.82, 2.24) is 5.06 Å². The molecule has 58 valence electrons. The summed E-state index contributed by atoms with van der Waals surface area (Å²) in [5.41, 5.74) is 0. The first-order valence-electron chi connectivity index (χ1n) is 3.16. The Morgan fingerprint density at radius 3 is 2.90 bits per heavy atom. The Morgan fingerprint density at radius 2 is 2.20 bits per heavy atom. The summed E-state index contributed by atoms with van der Waals surface area (Å²) in [4.78, 5) is 0. The molecule has 0 aromatic rings. The van der Waals surface area contributed by atoms with Crippen molar-refractivity contribution in [3.63, 3.8) is 0 Å². The lowest BCUT2D eigenvalue weighted by Crippen LogP contribution is -2.32. The first kappa shape index (κ1) is 6.51. The van der Waals surface area contributed by atoms with Crippen molar-refractivity contribution in [2.24, 2.45) is 0 Å². The van der Waals surface area contributed by atoms with Crippen LogP contribution in [0.1, 0.15) is 0 Å². The van der Waals surface area contributed by atoms with Gasteiger partial charge < -0.3 is 19.8 Å². The van der Waals surface area contributed by atoms with E-state index in [4.69, 9.17) is 19.8 Å². The molecule has 2 aliphatic heterocycles. The van der Waals surface area contributed by atoms with Gasteiger partial charge >= 0.3 is 0 Å². The fourth-order valence-corrected chi connectivity index (χ4v) is 1.26. The van der Waals surface area contributed by atoms with Crippen molar-refractivity contribution in [3.8, 4) is 0 Å². The summed E-state index contributed by atoms with van der Waals surface area (Å²) in [6.07, 6.45) is -1.43. The minimum atomic E-state index is -0.595. The average molecular weight is 147 g/mol. The molecule has 0 amide bonds. The third-order valence-corrected chi connectivity index (χ3v) is 1.79. The summed E-state index contributed by atoms with van der Waals surface area (Å²) in [7, 11) is 0. The summed E-state index contributed by atoms with van der Waals surface area (Å²) in [6, 6.07) is 0. The maximum absolute atomic E-state index is 9.13. The Balaban J connectivity index is 2.09. The molecule has 3 atom stereocenters. The zero-order valence-electron chi connectivity index (χ0n) is 5.30. The summed E-state index contributed by atoms with van der Waals surface area (Å²) in [5.74, 6) is 0. The molecule has 2 fully saturated rings. The van der Waals surface area contributed by atoms with Crippen molar-refractivity contribution >= 4 is 0 Å². The number of hydrogen-bond donors (Lipinski definition) is 2. The molecule has 0 spiro atoms. The highest BCUT2D eigenvalue weighted by atomic mass is 16.7. The van der Waals surface area contributed by atoms with Crippen LogP contribution in [0, 0.1) is 0 Å². The molecule has 0 aromatic carbocycles. The molecule has 5 nitrogen and oxygen atoms in total. The number of hydroxylamine groups is 2. The fraction of sp³-hybridized carbons (Fsp3) is 1.00. The maximum Gasteiger partial charge on any atom is 0.164 e. The highest BCUT2D eigenvalue weighted by molar-refractivity contribution is 4.85. The van der Waals surface area contributed by atoms with Crippen molar-refractivity contribution in [1.29, 1.82) is 0 Å². The molecule has 2 aliphatic rings. The molecule has 10 heavy (non-hydrogen) atoms. The first-order chi connectivity index (χ1) is 4.79. The van der Waals surface area contributed by atoms with E-state index in [0.717, 1.165) is 5.06 Å². The number of aliphatic hydroxyl groups excluding tert-OH is 1. The van der Waals surface area contributed by atoms with Crippen LogP contribution in [-0.2, 0) is 9.47 Å². The van der Waals surface area contributed by atoms with Crippen LogP contribution in [0.5, 0.6) is 0 Å². The number of nitrogens with zero attached hydrogens (tertiary/aromatic N) is 1. The van der Waals surface area contributed by atoms with E-state index < -0.39 is 12.3 Å². The van der Waals surface area contributed by atoms with Gasteiger partial charge in [-0.15, -0.1) is 5.06 Å².